The first-order valence-electron chi connectivity index (χ1n) is 10.9. The van der Waals surface area contributed by atoms with Crippen molar-refractivity contribution in [2.75, 3.05) is 19.7 Å². The number of ether oxygens (including phenoxy) is 2. The smallest absolute Gasteiger partial charge is 0.124 e. The van der Waals surface area contributed by atoms with Crippen LogP contribution in [0.5, 0.6) is 5.75 Å². The molecule has 2 atom stereocenters. The molecular weight excluding hydrogens is 378 g/mol. The van der Waals surface area contributed by atoms with Gasteiger partial charge in [0.1, 0.15) is 18.5 Å². The maximum Gasteiger partial charge on any atom is 0.124 e. The van der Waals surface area contributed by atoms with Gasteiger partial charge in [-0.25, -0.2) is 0 Å². The highest BCUT2D eigenvalue weighted by Crippen LogP contribution is 2.40. The zero-order valence-corrected chi connectivity index (χ0v) is 18.0. The molecule has 5 heteroatoms. The molecule has 2 fully saturated rings. The summed E-state index contributed by atoms with van der Waals surface area (Å²) in [4.78, 5) is 2.42. The van der Waals surface area contributed by atoms with Crippen molar-refractivity contribution in [3.8, 4) is 5.75 Å². The predicted molar refractivity (Wildman–Crippen MR) is 116 cm³/mol. The number of benzene rings is 2. The summed E-state index contributed by atoms with van der Waals surface area (Å²) in [6, 6.07) is 16.7. The summed E-state index contributed by atoms with van der Waals surface area (Å²) < 4.78 is 12.2. The molecule has 2 aromatic rings. The summed E-state index contributed by atoms with van der Waals surface area (Å²) in [7, 11) is 0. The van der Waals surface area contributed by atoms with Gasteiger partial charge in [0.05, 0.1) is 17.8 Å². The Bertz CT molecular complexity index is 840. The first kappa shape index (κ1) is 21.3. The van der Waals surface area contributed by atoms with E-state index in [1.54, 1.807) is 6.92 Å². The highest BCUT2D eigenvalue weighted by atomic mass is 16.5. The fraction of sp³-hybridized carbons (Fsp3) is 0.520. The lowest BCUT2D eigenvalue weighted by Gasteiger charge is -2.50. The van der Waals surface area contributed by atoms with Crippen LogP contribution in [-0.4, -0.2) is 52.1 Å². The van der Waals surface area contributed by atoms with E-state index in [9.17, 15) is 10.2 Å². The molecule has 2 N–H and O–H groups in total. The summed E-state index contributed by atoms with van der Waals surface area (Å²) >= 11 is 0. The van der Waals surface area contributed by atoms with E-state index in [1.165, 1.54) is 16.7 Å². The molecule has 0 aromatic heterocycles. The van der Waals surface area contributed by atoms with Gasteiger partial charge >= 0.3 is 0 Å². The molecule has 0 saturated carbocycles. The van der Waals surface area contributed by atoms with Gasteiger partial charge in [-0.15, -0.1) is 0 Å². The van der Waals surface area contributed by atoms with Crippen molar-refractivity contribution >= 4 is 0 Å². The van der Waals surface area contributed by atoms with Crippen LogP contribution >= 0.6 is 0 Å². The fourth-order valence-corrected chi connectivity index (χ4v) is 4.56. The molecule has 0 radical (unpaired) electrons. The van der Waals surface area contributed by atoms with E-state index < -0.39 is 11.7 Å². The number of aryl methyl sites for hydroxylation is 1. The van der Waals surface area contributed by atoms with Gasteiger partial charge in [-0.2, -0.15) is 0 Å². The molecule has 0 aliphatic carbocycles. The molecule has 5 nitrogen and oxygen atoms in total. The number of piperidine rings is 1. The number of aliphatic hydroxyl groups excluding tert-OH is 1. The summed E-state index contributed by atoms with van der Waals surface area (Å²) in [6.07, 6.45) is 1.41. The molecule has 2 aromatic carbocycles. The van der Waals surface area contributed by atoms with Crippen LogP contribution in [0, 0.1) is 6.92 Å². The number of rotatable bonds is 5. The molecule has 2 aliphatic heterocycles. The van der Waals surface area contributed by atoms with E-state index in [0.29, 0.717) is 13.0 Å². The average Bonchev–Trinajstić information content (AvgIpc) is 2.73. The maximum absolute atomic E-state index is 10.5. The lowest BCUT2D eigenvalue weighted by Crippen LogP contribution is -2.59. The number of hydrogen-bond acceptors (Lipinski definition) is 5. The summed E-state index contributed by atoms with van der Waals surface area (Å²) in [5.74, 6) is 0.929. The second kappa shape index (κ2) is 8.67. The third-order valence-corrected chi connectivity index (χ3v) is 6.59. The Morgan fingerprint density at radius 2 is 1.80 bits per heavy atom. The molecular formula is C25H33NO4. The highest BCUT2D eigenvalue weighted by molar-refractivity contribution is 5.34. The number of likely N-dealkylation sites (tertiary alicyclic amines) is 1. The van der Waals surface area contributed by atoms with Gasteiger partial charge in [0, 0.05) is 31.6 Å². The Morgan fingerprint density at radius 1 is 1.10 bits per heavy atom. The van der Waals surface area contributed by atoms with E-state index in [1.807, 2.05) is 12.1 Å². The second-order valence-electron chi connectivity index (χ2n) is 9.20. The van der Waals surface area contributed by atoms with Gasteiger partial charge in [-0.3, -0.25) is 4.90 Å². The molecule has 2 heterocycles. The first-order chi connectivity index (χ1) is 14.4. The van der Waals surface area contributed by atoms with Gasteiger partial charge < -0.3 is 19.7 Å². The molecule has 0 bridgehead atoms. The normalized spacial score (nSPS) is 26.6. The number of nitrogens with zero attached hydrogens (tertiary/aromatic N) is 1. The topological polar surface area (TPSA) is 62.2 Å². The Hall–Kier alpha value is -1.92. The minimum absolute atomic E-state index is 0.211. The standard InChI is InChI=1S/C25H33NO4/c1-19-7-9-20(10-8-19)16-29-22-6-4-3-5-21(22)15-26-13-11-25(12-14-26)18-24(2,28)23(27)17-30-25/h3-10,23,27-28H,11-18H2,1-2H3/t23-,24-/m0/s1. The molecule has 1 spiro atoms. The SMILES string of the molecule is Cc1ccc(COc2ccccc2CN2CCC3(CC2)C[C@](C)(O)[C@@H](O)CO3)cc1. The van der Waals surface area contributed by atoms with E-state index in [2.05, 4.69) is 48.2 Å². The second-order valence-corrected chi connectivity index (χ2v) is 9.20. The molecule has 162 valence electrons. The van der Waals surface area contributed by atoms with Crippen LogP contribution in [0.15, 0.2) is 48.5 Å². The van der Waals surface area contributed by atoms with Gasteiger partial charge in [0.15, 0.2) is 0 Å². The van der Waals surface area contributed by atoms with E-state index >= 15 is 0 Å². The minimum Gasteiger partial charge on any atom is -0.489 e. The van der Waals surface area contributed by atoms with Crippen molar-refractivity contribution in [1.82, 2.24) is 4.90 Å². The van der Waals surface area contributed by atoms with Crippen molar-refractivity contribution in [3.05, 3.63) is 65.2 Å². The van der Waals surface area contributed by atoms with Crippen LogP contribution in [0.2, 0.25) is 0 Å². The summed E-state index contributed by atoms with van der Waals surface area (Å²) in [6.45, 7) is 7.21. The molecule has 0 unspecified atom stereocenters. The van der Waals surface area contributed by atoms with Gasteiger partial charge in [-0.1, -0.05) is 48.0 Å². The molecule has 4 rings (SSSR count). The van der Waals surface area contributed by atoms with Gasteiger partial charge in [0.2, 0.25) is 0 Å². The van der Waals surface area contributed by atoms with Crippen molar-refractivity contribution in [1.29, 1.82) is 0 Å². The van der Waals surface area contributed by atoms with Crippen LogP contribution in [-0.2, 0) is 17.9 Å². The average molecular weight is 412 g/mol. The highest BCUT2D eigenvalue weighted by Gasteiger charge is 2.48. The van der Waals surface area contributed by atoms with Crippen molar-refractivity contribution in [2.45, 2.75) is 63.6 Å². The summed E-state index contributed by atoms with van der Waals surface area (Å²) in [5, 5.41) is 20.5. The van der Waals surface area contributed by atoms with Crippen LogP contribution in [0.1, 0.15) is 42.9 Å². The van der Waals surface area contributed by atoms with Crippen molar-refractivity contribution in [2.24, 2.45) is 0 Å². The largest absolute Gasteiger partial charge is 0.489 e. The number of para-hydroxylation sites is 1. The van der Waals surface area contributed by atoms with E-state index in [-0.39, 0.29) is 12.2 Å². The Balaban J connectivity index is 1.35. The van der Waals surface area contributed by atoms with Crippen molar-refractivity contribution < 1.29 is 19.7 Å². The van der Waals surface area contributed by atoms with E-state index in [4.69, 9.17) is 9.47 Å². The minimum atomic E-state index is -1.07. The number of aliphatic hydroxyl groups is 2. The lowest BCUT2D eigenvalue weighted by atomic mass is 9.76. The Kier molecular flexibility index (Phi) is 6.16. The summed E-state index contributed by atoms with van der Waals surface area (Å²) in [5.41, 5.74) is 2.21. The monoisotopic (exact) mass is 411 g/mol. The Labute approximate surface area is 179 Å². The van der Waals surface area contributed by atoms with E-state index in [0.717, 1.165) is 38.2 Å². The van der Waals surface area contributed by atoms with Gasteiger partial charge in [0.25, 0.3) is 0 Å². The molecule has 2 saturated heterocycles. The van der Waals surface area contributed by atoms with Gasteiger partial charge in [-0.05, 0) is 38.3 Å². The predicted octanol–water partition coefficient (Wildman–Crippen LogP) is 3.44. The zero-order valence-electron chi connectivity index (χ0n) is 18.0. The third kappa shape index (κ3) is 4.86. The fourth-order valence-electron chi connectivity index (χ4n) is 4.56. The molecule has 0 amide bonds. The zero-order chi connectivity index (χ0) is 21.2. The molecule has 30 heavy (non-hydrogen) atoms. The molecule has 2 aliphatic rings. The lowest BCUT2D eigenvalue weighted by molar-refractivity contribution is -0.223. The van der Waals surface area contributed by atoms with Crippen molar-refractivity contribution in [3.63, 3.8) is 0 Å². The van der Waals surface area contributed by atoms with Crippen LogP contribution in [0.25, 0.3) is 0 Å². The quantitative estimate of drug-likeness (QED) is 0.789. The van der Waals surface area contributed by atoms with Crippen LogP contribution in [0.4, 0.5) is 0 Å². The van der Waals surface area contributed by atoms with Crippen LogP contribution in [0.3, 0.4) is 0 Å². The third-order valence-electron chi connectivity index (χ3n) is 6.59. The van der Waals surface area contributed by atoms with Crippen LogP contribution < -0.4 is 4.74 Å². The number of hydrogen-bond donors (Lipinski definition) is 2. The maximum atomic E-state index is 10.5. The Morgan fingerprint density at radius 3 is 2.50 bits per heavy atom. The first-order valence-corrected chi connectivity index (χ1v) is 10.9.